The number of halogens is 3. The number of nitrogens with one attached hydrogen (secondary N) is 3. The number of H-pyrrole nitrogens is 2. The summed E-state index contributed by atoms with van der Waals surface area (Å²) >= 11 is 0. The third-order valence-electron chi connectivity index (χ3n) is 12.6. The first kappa shape index (κ1) is 45.4. The summed E-state index contributed by atoms with van der Waals surface area (Å²) < 4.78 is 50.7. The summed E-state index contributed by atoms with van der Waals surface area (Å²) in [7, 11) is 3.75. The number of ether oxygens (including phenoxy) is 2. The minimum atomic E-state index is -4.64. The third-order valence-corrected chi connectivity index (χ3v) is 12.6. The van der Waals surface area contributed by atoms with E-state index in [0.717, 1.165) is 81.4 Å². The zero-order valence-corrected chi connectivity index (χ0v) is 37.2. The lowest BCUT2D eigenvalue weighted by Gasteiger charge is -2.32. The summed E-state index contributed by atoms with van der Waals surface area (Å²) in [6, 6.07) is 22.1. The highest BCUT2D eigenvalue weighted by Gasteiger charge is 2.41. The fraction of sp³-hybridized carbons (Fsp3) is 0.347. The van der Waals surface area contributed by atoms with Crippen molar-refractivity contribution in [3.63, 3.8) is 0 Å². The van der Waals surface area contributed by atoms with Crippen LogP contribution in [0.1, 0.15) is 80.4 Å². The van der Waals surface area contributed by atoms with Gasteiger partial charge in [-0.15, -0.1) is 0 Å². The Bertz CT molecular complexity index is 2750. The van der Waals surface area contributed by atoms with Crippen LogP contribution in [0.2, 0.25) is 0 Å². The van der Waals surface area contributed by atoms with Gasteiger partial charge < -0.3 is 34.6 Å². The number of amides is 4. The van der Waals surface area contributed by atoms with Crippen LogP contribution in [0.15, 0.2) is 97.3 Å². The monoisotopic (exact) mass is 904 g/mol. The lowest BCUT2D eigenvalue weighted by Crippen LogP contribution is -2.51. The van der Waals surface area contributed by atoms with Crippen molar-refractivity contribution < 1.29 is 41.8 Å². The molecule has 4 atom stereocenters. The number of carbonyl (C=O) groups is 4. The maximum atomic E-state index is 14.2. The van der Waals surface area contributed by atoms with Gasteiger partial charge in [0.2, 0.25) is 5.91 Å². The quantitative estimate of drug-likeness (QED) is 0.116. The average Bonchev–Trinajstić information content (AvgIpc) is 4.17. The van der Waals surface area contributed by atoms with Crippen LogP contribution in [0, 0.1) is 5.92 Å². The Morgan fingerprint density at radius 3 is 1.85 bits per heavy atom. The molecule has 0 saturated carbocycles. The number of likely N-dealkylation sites (tertiary alicyclic amines) is 2. The Morgan fingerprint density at radius 1 is 0.727 bits per heavy atom. The summed E-state index contributed by atoms with van der Waals surface area (Å²) in [6.07, 6.45) is 0.127. The predicted molar refractivity (Wildman–Crippen MR) is 240 cm³/mol. The van der Waals surface area contributed by atoms with Crippen LogP contribution in [0.25, 0.3) is 44.4 Å². The maximum Gasteiger partial charge on any atom is 0.416 e. The molecule has 8 rings (SSSR count). The SMILES string of the molecule is COC(=O)N[C@H](C(=O)N1CCC[C@H]1c1ncc(-c2ccc3cc(-c4ccc(-c5cnc([C@@H]6CCCN6C(=O)C(c6cccc(C(F)(F)F)c6)N(C)C(=O)OC)[nH]5)cc4)ccc3c2)[nH]1)C(C)C. The van der Waals surface area contributed by atoms with Gasteiger partial charge >= 0.3 is 18.4 Å². The molecule has 0 spiro atoms. The van der Waals surface area contributed by atoms with E-state index in [1.165, 1.54) is 26.3 Å². The molecule has 0 aliphatic carbocycles. The van der Waals surface area contributed by atoms with Gasteiger partial charge in [0.25, 0.3) is 5.91 Å². The number of aromatic amines is 2. The van der Waals surface area contributed by atoms with Gasteiger partial charge in [-0.1, -0.05) is 74.5 Å². The van der Waals surface area contributed by atoms with E-state index in [-0.39, 0.29) is 23.4 Å². The van der Waals surface area contributed by atoms with E-state index >= 15 is 0 Å². The standard InChI is InChI=1S/C49H51F3N8O6/c1-28(2)41(57-47(63)65-4)45(61)59-21-7-11-39(59)43-54-27-38(56-43)34-20-19-32-23-31(17-18-33(32)24-34)29-13-15-30(16-14-29)37-26-53-44(55-37)40-12-8-22-60(40)46(62)42(58(3)48(64)66-5)35-9-6-10-36(25-35)49(50,51)52/h6,9-10,13-20,23-28,39-42H,7-8,11-12,21-22H2,1-5H3,(H,53,55)(H,54,56)(H,57,63)/t39-,40-,41-,42?/m0/s1. The fourth-order valence-electron chi connectivity index (χ4n) is 9.07. The van der Waals surface area contributed by atoms with Gasteiger partial charge in [-0.25, -0.2) is 19.6 Å². The van der Waals surface area contributed by atoms with Crippen LogP contribution in [0.4, 0.5) is 22.8 Å². The first-order valence-corrected chi connectivity index (χ1v) is 21.8. The van der Waals surface area contributed by atoms with Crippen molar-refractivity contribution in [1.82, 2.24) is 40.0 Å². The number of imidazole rings is 2. The van der Waals surface area contributed by atoms with Crippen LogP contribution in [0.3, 0.4) is 0 Å². The number of fused-ring (bicyclic) bond motifs is 1. The molecule has 4 heterocycles. The third kappa shape index (κ3) is 9.19. The Kier molecular flexibility index (Phi) is 12.9. The van der Waals surface area contributed by atoms with Crippen LogP contribution < -0.4 is 5.32 Å². The molecule has 0 radical (unpaired) electrons. The number of benzene rings is 4. The van der Waals surface area contributed by atoms with Crippen molar-refractivity contribution >= 4 is 34.8 Å². The first-order valence-electron chi connectivity index (χ1n) is 21.8. The van der Waals surface area contributed by atoms with Crippen LogP contribution in [0.5, 0.6) is 0 Å². The lowest BCUT2D eigenvalue weighted by atomic mass is 9.98. The second kappa shape index (κ2) is 18.7. The Balaban J connectivity index is 0.955. The molecule has 4 amide bonds. The summed E-state index contributed by atoms with van der Waals surface area (Å²) in [5.41, 5.74) is 4.50. The van der Waals surface area contributed by atoms with Gasteiger partial charge in [0, 0.05) is 25.7 Å². The molecule has 17 heteroatoms. The van der Waals surface area contributed by atoms with Crippen molar-refractivity contribution in [3.8, 4) is 33.6 Å². The normalized spacial score (nSPS) is 17.2. The van der Waals surface area contributed by atoms with Crippen LogP contribution in [-0.2, 0) is 25.2 Å². The van der Waals surface area contributed by atoms with Crippen LogP contribution in [-0.4, -0.2) is 99.0 Å². The van der Waals surface area contributed by atoms with E-state index in [2.05, 4.69) is 50.6 Å². The molecule has 0 bridgehead atoms. The molecule has 2 aliphatic heterocycles. The molecule has 66 heavy (non-hydrogen) atoms. The highest BCUT2D eigenvalue weighted by atomic mass is 19.4. The topological polar surface area (TPSA) is 166 Å². The second-order valence-corrected chi connectivity index (χ2v) is 17.1. The van der Waals surface area contributed by atoms with Gasteiger partial charge in [-0.3, -0.25) is 14.5 Å². The summed E-state index contributed by atoms with van der Waals surface area (Å²) in [5, 5.41) is 4.78. The minimum Gasteiger partial charge on any atom is -0.453 e. The minimum absolute atomic E-state index is 0.0185. The second-order valence-electron chi connectivity index (χ2n) is 17.1. The number of rotatable bonds is 11. The van der Waals surface area contributed by atoms with Crippen molar-refractivity contribution in [2.45, 2.75) is 69.9 Å². The molecule has 2 saturated heterocycles. The molecular weight excluding hydrogens is 854 g/mol. The molecule has 2 aromatic heterocycles. The van der Waals surface area contributed by atoms with Gasteiger partial charge in [0.15, 0.2) is 0 Å². The van der Waals surface area contributed by atoms with Crippen molar-refractivity contribution in [3.05, 3.63) is 120 Å². The summed E-state index contributed by atoms with van der Waals surface area (Å²) in [6.45, 7) is 4.67. The molecular formula is C49H51F3N8O6. The number of carbonyl (C=O) groups excluding carboxylic acids is 4. The van der Waals surface area contributed by atoms with Crippen molar-refractivity contribution in [2.75, 3.05) is 34.4 Å². The van der Waals surface area contributed by atoms with Crippen LogP contribution >= 0.6 is 0 Å². The Labute approximate surface area is 379 Å². The number of alkyl carbamates (subject to hydrolysis) is 1. The zero-order chi connectivity index (χ0) is 46.9. The fourth-order valence-corrected chi connectivity index (χ4v) is 9.07. The molecule has 4 aromatic carbocycles. The maximum absolute atomic E-state index is 14.2. The number of alkyl halides is 3. The van der Waals surface area contributed by atoms with E-state index in [1.54, 1.807) is 22.2 Å². The number of methoxy groups -OCH3 is 2. The highest BCUT2D eigenvalue weighted by molar-refractivity contribution is 5.91. The number of aromatic nitrogens is 4. The Morgan fingerprint density at radius 2 is 1.27 bits per heavy atom. The number of hydrogen-bond acceptors (Lipinski definition) is 8. The van der Waals surface area contributed by atoms with Gasteiger partial charge in [0.1, 0.15) is 23.7 Å². The number of nitrogens with zero attached hydrogens (tertiary/aromatic N) is 5. The van der Waals surface area contributed by atoms with Gasteiger partial charge in [0.05, 0.1) is 55.6 Å². The largest absolute Gasteiger partial charge is 0.453 e. The summed E-state index contributed by atoms with van der Waals surface area (Å²) in [4.78, 5) is 73.0. The molecule has 2 fully saturated rings. The highest BCUT2D eigenvalue weighted by Crippen LogP contribution is 2.38. The van der Waals surface area contributed by atoms with E-state index in [9.17, 15) is 32.3 Å². The van der Waals surface area contributed by atoms with E-state index in [1.807, 2.05) is 44.2 Å². The summed E-state index contributed by atoms with van der Waals surface area (Å²) in [5.74, 6) is 0.398. The van der Waals surface area contributed by atoms with Gasteiger partial charge in [-0.05, 0) is 88.9 Å². The molecule has 1 unspecified atom stereocenters. The number of hydrogen-bond donors (Lipinski definition) is 3. The molecule has 14 nitrogen and oxygen atoms in total. The smallest absolute Gasteiger partial charge is 0.416 e. The zero-order valence-electron chi connectivity index (χ0n) is 37.2. The van der Waals surface area contributed by atoms with Crippen molar-refractivity contribution in [1.29, 1.82) is 0 Å². The Hall–Kier alpha value is -7.17. The lowest BCUT2D eigenvalue weighted by molar-refractivity contribution is -0.139. The molecule has 344 valence electrons. The average molecular weight is 905 g/mol. The van der Waals surface area contributed by atoms with E-state index in [0.29, 0.717) is 37.6 Å². The van der Waals surface area contributed by atoms with Crippen molar-refractivity contribution in [2.24, 2.45) is 5.92 Å². The predicted octanol–water partition coefficient (Wildman–Crippen LogP) is 9.45. The van der Waals surface area contributed by atoms with E-state index in [4.69, 9.17) is 14.5 Å². The molecule has 2 aliphatic rings. The first-order chi connectivity index (χ1) is 31.6. The molecule has 6 aromatic rings. The number of likely N-dealkylation sites (N-methyl/N-ethyl adjacent to an activating group) is 1. The van der Waals surface area contributed by atoms with E-state index < -0.39 is 48.0 Å². The molecule has 3 N–H and O–H groups in total. The van der Waals surface area contributed by atoms with Gasteiger partial charge in [-0.2, -0.15) is 13.2 Å².